The molecule has 0 radical (unpaired) electrons. The van der Waals surface area contributed by atoms with E-state index in [-0.39, 0.29) is 27.4 Å². The second-order valence-corrected chi connectivity index (χ2v) is 7.23. The number of nitrogens with zero attached hydrogens (tertiary/aromatic N) is 1. The molecule has 2 aromatic carbocycles. The number of carbonyl (C=O) groups is 2. The molecular weight excluding hydrogens is 392 g/mol. The molecule has 0 spiro atoms. The van der Waals surface area contributed by atoms with Gasteiger partial charge in [0.2, 0.25) is 5.91 Å². The first kappa shape index (κ1) is 19.5. The molecule has 142 valence electrons. The Labute approximate surface area is 166 Å². The van der Waals surface area contributed by atoms with Gasteiger partial charge in [-0.1, -0.05) is 23.2 Å². The van der Waals surface area contributed by atoms with Crippen LogP contribution in [0.1, 0.15) is 23.2 Å². The van der Waals surface area contributed by atoms with E-state index in [0.717, 1.165) is 37.7 Å². The van der Waals surface area contributed by atoms with Crippen molar-refractivity contribution >= 4 is 46.4 Å². The summed E-state index contributed by atoms with van der Waals surface area (Å²) in [7, 11) is 0. The van der Waals surface area contributed by atoms with Gasteiger partial charge < -0.3 is 16.0 Å². The third-order valence-electron chi connectivity index (χ3n) is 4.64. The lowest BCUT2D eigenvalue weighted by Gasteiger charge is -2.32. The maximum Gasteiger partial charge on any atom is 0.257 e. The average molecular weight is 410 g/mol. The molecule has 1 fully saturated rings. The van der Waals surface area contributed by atoms with E-state index in [4.69, 9.17) is 28.9 Å². The molecule has 1 aliphatic heterocycles. The molecule has 3 rings (SSSR count). The van der Waals surface area contributed by atoms with Crippen LogP contribution in [0.25, 0.3) is 0 Å². The van der Waals surface area contributed by atoms with Crippen molar-refractivity contribution in [2.45, 2.75) is 12.8 Å². The number of piperidine rings is 1. The fourth-order valence-corrected chi connectivity index (χ4v) is 3.54. The minimum Gasteiger partial charge on any atom is -0.371 e. The number of hydrogen-bond donors (Lipinski definition) is 2. The monoisotopic (exact) mass is 409 g/mol. The number of hydrogen-bond acceptors (Lipinski definition) is 3. The van der Waals surface area contributed by atoms with E-state index in [1.165, 1.54) is 6.07 Å². The second-order valence-electron chi connectivity index (χ2n) is 6.41. The van der Waals surface area contributed by atoms with Crippen LogP contribution in [0.4, 0.5) is 15.8 Å². The molecule has 8 heteroatoms. The fourth-order valence-electron chi connectivity index (χ4n) is 3.07. The van der Waals surface area contributed by atoms with Gasteiger partial charge in [0.1, 0.15) is 5.82 Å². The van der Waals surface area contributed by atoms with Crippen LogP contribution in [-0.4, -0.2) is 24.9 Å². The van der Waals surface area contributed by atoms with Crippen molar-refractivity contribution in [3.63, 3.8) is 0 Å². The van der Waals surface area contributed by atoms with Gasteiger partial charge in [-0.2, -0.15) is 0 Å². The maximum absolute atomic E-state index is 13.6. The summed E-state index contributed by atoms with van der Waals surface area (Å²) in [5.74, 6) is -1.54. The van der Waals surface area contributed by atoms with E-state index in [2.05, 4.69) is 10.2 Å². The summed E-state index contributed by atoms with van der Waals surface area (Å²) in [5.41, 5.74) is 6.92. The highest BCUT2D eigenvalue weighted by Gasteiger charge is 2.23. The Kier molecular flexibility index (Phi) is 5.87. The van der Waals surface area contributed by atoms with Crippen molar-refractivity contribution in [1.82, 2.24) is 0 Å². The first-order valence-electron chi connectivity index (χ1n) is 8.45. The first-order chi connectivity index (χ1) is 12.8. The van der Waals surface area contributed by atoms with E-state index in [1.807, 2.05) is 12.1 Å². The largest absolute Gasteiger partial charge is 0.371 e. The van der Waals surface area contributed by atoms with E-state index in [9.17, 15) is 14.0 Å². The van der Waals surface area contributed by atoms with Gasteiger partial charge in [0.05, 0.1) is 15.6 Å². The average Bonchev–Trinajstić information content (AvgIpc) is 2.65. The Bertz CT molecular complexity index is 866. The lowest BCUT2D eigenvalue weighted by molar-refractivity contribution is -0.122. The Morgan fingerprint density at radius 3 is 2.30 bits per heavy atom. The molecule has 3 N–H and O–H groups in total. The molecule has 1 heterocycles. The smallest absolute Gasteiger partial charge is 0.257 e. The predicted molar refractivity (Wildman–Crippen MR) is 105 cm³/mol. The van der Waals surface area contributed by atoms with Gasteiger partial charge in [0.15, 0.2) is 0 Å². The van der Waals surface area contributed by atoms with E-state index < -0.39 is 11.7 Å². The number of rotatable bonds is 4. The highest BCUT2D eigenvalue weighted by atomic mass is 35.5. The van der Waals surface area contributed by atoms with Crippen LogP contribution in [0.2, 0.25) is 10.0 Å². The topological polar surface area (TPSA) is 75.4 Å². The van der Waals surface area contributed by atoms with Gasteiger partial charge in [-0.25, -0.2) is 4.39 Å². The summed E-state index contributed by atoms with van der Waals surface area (Å²) in [4.78, 5) is 25.7. The molecule has 0 atom stereocenters. The molecule has 2 amide bonds. The minimum absolute atomic E-state index is 0.0103. The molecule has 2 aromatic rings. The number of primary amides is 1. The van der Waals surface area contributed by atoms with Crippen LogP contribution < -0.4 is 16.0 Å². The number of halogens is 3. The predicted octanol–water partition coefficient (Wildman–Crippen LogP) is 4.09. The van der Waals surface area contributed by atoms with Crippen molar-refractivity contribution in [2.75, 3.05) is 23.3 Å². The lowest BCUT2D eigenvalue weighted by Crippen LogP contribution is -2.38. The number of carbonyl (C=O) groups excluding carboxylic acids is 2. The quantitative estimate of drug-likeness (QED) is 0.746. The van der Waals surface area contributed by atoms with Crippen molar-refractivity contribution < 1.29 is 14.0 Å². The van der Waals surface area contributed by atoms with Gasteiger partial charge in [0, 0.05) is 30.4 Å². The maximum atomic E-state index is 13.6. The molecule has 0 saturated carbocycles. The lowest BCUT2D eigenvalue weighted by atomic mass is 9.96. The van der Waals surface area contributed by atoms with Crippen LogP contribution in [0, 0.1) is 11.7 Å². The van der Waals surface area contributed by atoms with E-state index >= 15 is 0 Å². The zero-order chi connectivity index (χ0) is 19.6. The van der Waals surface area contributed by atoms with Gasteiger partial charge >= 0.3 is 0 Å². The summed E-state index contributed by atoms with van der Waals surface area (Å²) in [5, 5.41) is 2.62. The van der Waals surface area contributed by atoms with Crippen LogP contribution >= 0.6 is 23.2 Å². The summed E-state index contributed by atoms with van der Waals surface area (Å²) < 4.78 is 13.6. The standard InChI is InChI=1S/C19H18Cl2FN3O2/c20-15-10-16(21)17(22)9-14(15)19(27)24-12-1-3-13(4-2-12)25-7-5-11(6-8-25)18(23)26/h1-4,9-11H,5-8H2,(H2,23,26)(H,24,27). The summed E-state index contributed by atoms with van der Waals surface area (Å²) in [6.07, 6.45) is 1.46. The van der Waals surface area contributed by atoms with Gasteiger partial charge in [-0.15, -0.1) is 0 Å². The van der Waals surface area contributed by atoms with Crippen molar-refractivity contribution in [1.29, 1.82) is 0 Å². The summed E-state index contributed by atoms with van der Waals surface area (Å²) in [6, 6.07) is 9.49. The number of nitrogens with one attached hydrogen (secondary N) is 1. The van der Waals surface area contributed by atoms with E-state index in [0.29, 0.717) is 5.69 Å². The molecule has 0 aliphatic carbocycles. The van der Waals surface area contributed by atoms with Crippen molar-refractivity contribution in [3.8, 4) is 0 Å². The molecule has 1 aliphatic rings. The van der Waals surface area contributed by atoms with Gasteiger partial charge in [0.25, 0.3) is 5.91 Å². The number of anilines is 2. The normalized spacial score (nSPS) is 14.9. The highest BCUT2D eigenvalue weighted by molar-refractivity contribution is 6.37. The Morgan fingerprint density at radius 2 is 1.70 bits per heavy atom. The zero-order valence-corrected chi connectivity index (χ0v) is 15.9. The first-order valence-corrected chi connectivity index (χ1v) is 9.21. The van der Waals surface area contributed by atoms with Gasteiger partial charge in [-0.05, 0) is 49.2 Å². The molecule has 0 aromatic heterocycles. The third kappa shape index (κ3) is 4.51. The number of amides is 2. The second kappa shape index (κ2) is 8.15. The molecular formula is C19H18Cl2FN3O2. The molecule has 5 nitrogen and oxygen atoms in total. The fraction of sp³-hybridized carbons (Fsp3) is 0.263. The van der Waals surface area contributed by atoms with Gasteiger partial charge in [-0.3, -0.25) is 9.59 Å². The highest BCUT2D eigenvalue weighted by Crippen LogP contribution is 2.27. The summed E-state index contributed by atoms with van der Waals surface area (Å²) in [6.45, 7) is 1.50. The Morgan fingerprint density at radius 1 is 1.07 bits per heavy atom. The van der Waals surface area contributed by atoms with Crippen LogP contribution in [-0.2, 0) is 4.79 Å². The number of benzene rings is 2. The Balaban J connectivity index is 1.65. The van der Waals surface area contributed by atoms with Crippen molar-refractivity contribution in [3.05, 3.63) is 57.8 Å². The minimum atomic E-state index is -0.707. The van der Waals surface area contributed by atoms with E-state index in [1.54, 1.807) is 12.1 Å². The molecule has 0 unspecified atom stereocenters. The zero-order valence-electron chi connectivity index (χ0n) is 14.3. The van der Waals surface area contributed by atoms with Crippen molar-refractivity contribution in [2.24, 2.45) is 11.7 Å². The molecule has 1 saturated heterocycles. The Hall–Kier alpha value is -2.31. The summed E-state index contributed by atoms with van der Waals surface area (Å²) >= 11 is 11.6. The number of nitrogens with two attached hydrogens (primary N) is 1. The SMILES string of the molecule is NC(=O)C1CCN(c2ccc(NC(=O)c3cc(F)c(Cl)cc3Cl)cc2)CC1. The molecule has 0 bridgehead atoms. The van der Waals surface area contributed by atoms with Crippen LogP contribution in [0.15, 0.2) is 36.4 Å². The third-order valence-corrected chi connectivity index (χ3v) is 5.24. The molecule has 27 heavy (non-hydrogen) atoms. The van der Waals surface area contributed by atoms with Crippen LogP contribution in [0.3, 0.4) is 0 Å². The van der Waals surface area contributed by atoms with Crippen LogP contribution in [0.5, 0.6) is 0 Å².